The molecule has 1 saturated heterocycles. The van der Waals surface area contributed by atoms with Gasteiger partial charge in [-0.3, -0.25) is 19.7 Å². The summed E-state index contributed by atoms with van der Waals surface area (Å²) in [4.78, 5) is 34.2. The summed E-state index contributed by atoms with van der Waals surface area (Å²) in [5.41, 5.74) is 0.302. The molecule has 0 unspecified atom stereocenters. The third kappa shape index (κ3) is 4.58. The van der Waals surface area contributed by atoms with E-state index in [-0.39, 0.29) is 24.1 Å². The Morgan fingerprint density at radius 1 is 1.46 bits per heavy atom. The Morgan fingerprint density at radius 3 is 2.96 bits per heavy atom. The van der Waals surface area contributed by atoms with Crippen molar-refractivity contribution in [1.29, 1.82) is 0 Å². The average molecular weight is 376 g/mol. The standard InChI is InChI=1S/C16H20N6O3S/c1-10-18-16(21-20-10)26-9-14(24)22-7-5-11(13(23)8-22)19-15(25)12-4-2-3-6-17-12/h2-4,6,11,13,23H,5,7-9H2,1H3,(H,19,25)(H,18,20,21)/t11-,13-/m1/s1. The van der Waals surface area contributed by atoms with Crippen LogP contribution in [0.25, 0.3) is 0 Å². The van der Waals surface area contributed by atoms with E-state index < -0.39 is 12.1 Å². The molecule has 2 atom stereocenters. The number of pyridine rings is 1. The fraction of sp³-hybridized carbons (Fsp3) is 0.438. The number of rotatable bonds is 5. The number of piperidine rings is 1. The van der Waals surface area contributed by atoms with Gasteiger partial charge in [-0.15, -0.1) is 5.10 Å². The number of likely N-dealkylation sites (tertiary alicyclic amines) is 1. The second-order valence-corrected chi connectivity index (χ2v) is 6.93. The summed E-state index contributed by atoms with van der Waals surface area (Å²) < 4.78 is 0. The van der Waals surface area contributed by atoms with Crippen LogP contribution in [-0.4, -0.2) is 73.0 Å². The normalized spacial score (nSPS) is 20.0. The van der Waals surface area contributed by atoms with Gasteiger partial charge >= 0.3 is 0 Å². The summed E-state index contributed by atoms with van der Waals surface area (Å²) in [5.74, 6) is 0.477. The van der Waals surface area contributed by atoms with Gasteiger partial charge in [0.15, 0.2) is 0 Å². The SMILES string of the molecule is Cc1nc(SCC(=O)N2CC[C@@H](NC(=O)c3ccccn3)[C@H](O)C2)n[nH]1. The largest absolute Gasteiger partial charge is 0.389 e. The van der Waals surface area contributed by atoms with Gasteiger partial charge in [0.05, 0.1) is 17.9 Å². The summed E-state index contributed by atoms with van der Waals surface area (Å²) in [6, 6.07) is 4.67. The van der Waals surface area contributed by atoms with Crippen LogP contribution in [0.3, 0.4) is 0 Å². The van der Waals surface area contributed by atoms with Crippen LogP contribution in [0.15, 0.2) is 29.6 Å². The van der Waals surface area contributed by atoms with Crippen LogP contribution < -0.4 is 5.32 Å². The summed E-state index contributed by atoms with van der Waals surface area (Å²) in [7, 11) is 0. The van der Waals surface area contributed by atoms with Crippen LogP contribution >= 0.6 is 11.8 Å². The highest BCUT2D eigenvalue weighted by molar-refractivity contribution is 7.99. The van der Waals surface area contributed by atoms with Crippen LogP contribution in [0, 0.1) is 6.92 Å². The molecule has 10 heteroatoms. The van der Waals surface area contributed by atoms with Gasteiger partial charge in [0.1, 0.15) is 11.5 Å². The highest BCUT2D eigenvalue weighted by Gasteiger charge is 2.31. The Labute approximate surface area is 154 Å². The van der Waals surface area contributed by atoms with E-state index in [2.05, 4.69) is 25.5 Å². The van der Waals surface area contributed by atoms with Crippen LogP contribution in [0.2, 0.25) is 0 Å². The summed E-state index contributed by atoms with van der Waals surface area (Å²) in [6.45, 7) is 2.44. The van der Waals surface area contributed by atoms with Gasteiger partial charge in [-0.1, -0.05) is 17.8 Å². The molecule has 2 amide bonds. The lowest BCUT2D eigenvalue weighted by Gasteiger charge is -2.36. The molecule has 0 spiro atoms. The van der Waals surface area contributed by atoms with Crippen molar-refractivity contribution >= 4 is 23.6 Å². The molecule has 2 aromatic rings. The maximum Gasteiger partial charge on any atom is 0.270 e. The van der Waals surface area contributed by atoms with Crippen molar-refractivity contribution in [3.63, 3.8) is 0 Å². The predicted molar refractivity (Wildman–Crippen MR) is 94.5 cm³/mol. The number of hydrogen-bond donors (Lipinski definition) is 3. The number of aryl methyl sites for hydroxylation is 1. The summed E-state index contributed by atoms with van der Waals surface area (Å²) in [6.07, 6.45) is 1.20. The molecule has 0 aromatic carbocycles. The molecular formula is C16H20N6O3S. The first-order chi connectivity index (χ1) is 12.5. The number of nitrogens with zero attached hydrogens (tertiary/aromatic N) is 4. The minimum atomic E-state index is -0.823. The first kappa shape index (κ1) is 18.3. The van der Waals surface area contributed by atoms with Crippen LogP contribution in [-0.2, 0) is 4.79 Å². The monoisotopic (exact) mass is 376 g/mol. The third-order valence-electron chi connectivity index (χ3n) is 4.05. The quantitative estimate of drug-likeness (QED) is 0.627. The lowest BCUT2D eigenvalue weighted by Crippen LogP contribution is -2.55. The second-order valence-electron chi connectivity index (χ2n) is 5.98. The molecule has 0 bridgehead atoms. The van der Waals surface area contributed by atoms with Gasteiger partial charge in [-0.05, 0) is 25.5 Å². The Balaban J connectivity index is 1.48. The molecule has 0 aliphatic carbocycles. The van der Waals surface area contributed by atoms with Crippen LogP contribution in [0.5, 0.6) is 0 Å². The zero-order valence-corrected chi connectivity index (χ0v) is 15.1. The van der Waals surface area contributed by atoms with Crippen molar-refractivity contribution in [1.82, 2.24) is 30.4 Å². The van der Waals surface area contributed by atoms with Crippen molar-refractivity contribution in [3.8, 4) is 0 Å². The van der Waals surface area contributed by atoms with E-state index in [1.807, 2.05) is 0 Å². The van der Waals surface area contributed by atoms with Gasteiger partial charge in [-0.25, -0.2) is 4.98 Å². The number of hydrogen-bond acceptors (Lipinski definition) is 7. The minimum absolute atomic E-state index is 0.0917. The van der Waals surface area contributed by atoms with E-state index in [0.717, 1.165) is 0 Å². The van der Waals surface area contributed by atoms with Gasteiger partial charge in [0, 0.05) is 19.3 Å². The number of carbonyl (C=O) groups excluding carboxylic acids is 2. The molecule has 3 rings (SSSR count). The Kier molecular flexibility index (Phi) is 5.84. The van der Waals surface area contributed by atoms with Crippen molar-refractivity contribution in [2.45, 2.75) is 30.6 Å². The minimum Gasteiger partial charge on any atom is -0.389 e. The van der Waals surface area contributed by atoms with E-state index >= 15 is 0 Å². The summed E-state index contributed by atoms with van der Waals surface area (Å²) >= 11 is 1.25. The first-order valence-corrected chi connectivity index (χ1v) is 9.21. The molecule has 9 nitrogen and oxygen atoms in total. The van der Waals surface area contributed by atoms with E-state index in [1.165, 1.54) is 11.8 Å². The Morgan fingerprint density at radius 2 is 2.31 bits per heavy atom. The maximum absolute atomic E-state index is 12.3. The number of aromatic amines is 1. The molecule has 138 valence electrons. The van der Waals surface area contributed by atoms with Crippen LogP contribution in [0.4, 0.5) is 0 Å². The zero-order chi connectivity index (χ0) is 18.5. The fourth-order valence-corrected chi connectivity index (χ4v) is 3.42. The molecule has 0 saturated carbocycles. The summed E-state index contributed by atoms with van der Waals surface area (Å²) in [5, 5.41) is 20.3. The second kappa shape index (κ2) is 8.28. The third-order valence-corrected chi connectivity index (χ3v) is 4.88. The van der Waals surface area contributed by atoms with E-state index in [9.17, 15) is 14.7 Å². The molecule has 3 N–H and O–H groups in total. The number of aromatic nitrogens is 4. The van der Waals surface area contributed by atoms with E-state index in [0.29, 0.717) is 29.6 Å². The number of carbonyl (C=O) groups is 2. The van der Waals surface area contributed by atoms with Crippen LogP contribution in [0.1, 0.15) is 22.7 Å². The Bertz CT molecular complexity index is 768. The van der Waals surface area contributed by atoms with Crippen molar-refractivity contribution in [3.05, 3.63) is 35.9 Å². The van der Waals surface area contributed by atoms with Crippen molar-refractivity contribution in [2.75, 3.05) is 18.8 Å². The smallest absolute Gasteiger partial charge is 0.270 e. The van der Waals surface area contributed by atoms with Gasteiger partial charge in [0.25, 0.3) is 5.91 Å². The number of β-amino-alcohol motifs (C(OH)–C–C–N with tert-alkyl or cyclic N) is 1. The molecule has 26 heavy (non-hydrogen) atoms. The number of aliphatic hydroxyl groups is 1. The van der Waals surface area contributed by atoms with E-state index in [1.54, 1.807) is 36.2 Å². The van der Waals surface area contributed by atoms with Gasteiger partial charge in [0.2, 0.25) is 11.1 Å². The number of aliphatic hydroxyl groups excluding tert-OH is 1. The molecule has 2 aromatic heterocycles. The van der Waals surface area contributed by atoms with Crippen molar-refractivity contribution < 1.29 is 14.7 Å². The highest BCUT2D eigenvalue weighted by atomic mass is 32.2. The van der Waals surface area contributed by atoms with Gasteiger partial charge in [-0.2, -0.15) is 0 Å². The van der Waals surface area contributed by atoms with Gasteiger partial charge < -0.3 is 15.3 Å². The Hall–Kier alpha value is -2.46. The molecule has 0 radical (unpaired) electrons. The van der Waals surface area contributed by atoms with Crippen molar-refractivity contribution in [2.24, 2.45) is 0 Å². The first-order valence-electron chi connectivity index (χ1n) is 8.22. The number of nitrogens with one attached hydrogen (secondary N) is 2. The number of thioether (sulfide) groups is 1. The predicted octanol–water partition coefficient (Wildman–Crippen LogP) is -0.00798. The fourth-order valence-electron chi connectivity index (χ4n) is 2.67. The molecule has 1 aliphatic heterocycles. The molecule has 1 fully saturated rings. The molecule has 1 aliphatic rings. The highest BCUT2D eigenvalue weighted by Crippen LogP contribution is 2.16. The molecular weight excluding hydrogens is 356 g/mol. The molecule has 3 heterocycles. The lowest BCUT2D eigenvalue weighted by molar-refractivity contribution is -0.131. The number of H-pyrrole nitrogens is 1. The lowest BCUT2D eigenvalue weighted by atomic mass is 10.0. The average Bonchev–Trinajstić information content (AvgIpc) is 3.07. The zero-order valence-electron chi connectivity index (χ0n) is 14.3. The maximum atomic E-state index is 12.3. The van der Waals surface area contributed by atoms with E-state index in [4.69, 9.17) is 0 Å². The number of amides is 2. The topological polar surface area (TPSA) is 124 Å².